The van der Waals surface area contributed by atoms with Crippen LogP contribution in [0.2, 0.25) is 0 Å². The van der Waals surface area contributed by atoms with Gasteiger partial charge in [-0.3, -0.25) is 14.5 Å². The van der Waals surface area contributed by atoms with Crippen LogP contribution in [-0.4, -0.2) is 65.8 Å². The quantitative estimate of drug-likeness (QED) is 0.336. The fourth-order valence-electron chi connectivity index (χ4n) is 4.93. The van der Waals surface area contributed by atoms with Crippen molar-refractivity contribution < 1.29 is 14.0 Å². The van der Waals surface area contributed by atoms with Gasteiger partial charge in [-0.1, -0.05) is 72.8 Å². The predicted molar refractivity (Wildman–Crippen MR) is 148 cm³/mol. The second kappa shape index (κ2) is 12.0. The summed E-state index contributed by atoms with van der Waals surface area (Å²) in [5.74, 6) is -0.177. The number of hydrogen-bond acceptors (Lipinski definition) is 3. The number of hydrogen-bond donors (Lipinski definition) is 0. The molecule has 1 saturated heterocycles. The summed E-state index contributed by atoms with van der Waals surface area (Å²) in [6, 6.07) is 30.0. The first-order valence-corrected chi connectivity index (χ1v) is 13.1. The van der Waals surface area contributed by atoms with Crippen molar-refractivity contribution >= 4 is 22.6 Å². The van der Waals surface area contributed by atoms with E-state index in [1.807, 2.05) is 82.6 Å². The van der Waals surface area contributed by atoms with Gasteiger partial charge in [-0.15, -0.1) is 0 Å². The van der Waals surface area contributed by atoms with Gasteiger partial charge in [-0.2, -0.15) is 0 Å². The summed E-state index contributed by atoms with van der Waals surface area (Å²) in [5, 5.41) is 2.19. The smallest absolute Gasteiger partial charge is 0.253 e. The van der Waals surface area contributed by atoms with Crippen molar-refractivity contribution in [1.82, 2.24) is 14.7 Å². The topological polar surface area (TPSA) is 43.9 Å². The Kier molecular flexibility index (Phi) is 8.09. The van der Waals surface area contributed by atoms with E-state index in [1.165, 1.54) is 12.1 Å². The molecule has 5 rings (SSSR count). The van der Waals surface area contributed by atoms with Crippen molar-refractivity contribution in [3.8, 4) is 0 Å². The van der Waals surface area contributed by atoms with Gasteiger partial charge in [0.25, 0.3) is 5.91 Å². The summed E-state index contributed by atoms with van der Waals surface area (Å²) in [4.78, 5) is 32.4. The number of halogens is 1. The van der Waals surface area contributed by atoms with E-state index in [0.717, 1.165) is 41.5 Å². The Hall–Kier alpha value is -4.03. The molecule has 5 nitrogen and oxygen atoms in total. The van der Waals surface area contributed by atoms with Gasteiger partial charge in [-0.05, 0) is 46.2 Å². The fourth-order valence-corrected chi connectivity index (χ4v) is 4.93. The van der Waals surface area contributed by atoms with Crippen LogP contribution in [0, 0.1) is 5.82 Å². The van der Waals surface area contributed by atoms with Crippen LogP contribution in [0.5, 0.6) is 0 Å². The van der Waals surface area contributed by atoms with E-state index in [2.05, 4.69) is 4.90 Å². The molecule has 1 heterocycles. The zero-order valence-electron chi connectivity index (χ0n) is 21.4. The van der Waals surface area contributed by atoms with Crippen LogP contribution in [0.15, 0.2) is 97.1 Å². The first-order chi connectivity index (χ1) is 18.5. The van der Waals surface area contributed by atoms with Crippen molar-refractivity contribution in [3.63, 3.8) is 0 Å². The molecule has 0 aliphatic carbocycles. The van der Waals surface area contributed by atoms with E-state index in [1.54, 1.807) is 12.1 Å². The van der Waals surface area contributed by atoms with E-state index in [0.29, 0.717) is 38.2 Å². The Morgan fingerprint density at radius 2 is 1.42 bits per heavy atom. The van der Waals surface area contributed by atoms with Crippen LogP contribution in [0.4, 0.5) is 4.39 Å². The normalized spacial score (nSPS) is 14.0. The van der Waals surface area contributed by atoms with Crippen LogP contribution < -0.4 is 0 Å². The maximum Gasteiger partial charge on any atom is 0.253 e. The number of benzene rings is 4. The maximum absolute atomic E-state index is 13.4. The molecule has 1 aliphatic heterocycles. The van der Waals surface area contributed by atoms with Crippen molar-refractivity contribution in [2.24, 2.45) is 0 Å². The summed E-state index contributed by atoms with van der Waals surface area (Å²) in [6.07, 6.45) is 0.329. The number of piperazine rings is 1. The van der Waals surface area contributed by atoms with Crippen molar-refractivity contribution in [2.75, 3.05) is 39.3 Å². The highest BCUT2D eigenvalue weighted by Gasteiger charge is 2.23. The molecule has 4 aromatic carbocycles. The Labute approximate surface area is 223 Å². The Morgan fingerprint density at radius 1 is 0.737 bits per heavy atom. The van der Waals surface area contributed by atoms with Gasteiger partial charge in [0.2, 0.25) is 5.91 Å². The van der Waals surface area contributed by atoms with E-state index in [4.69, 9.17) is 0 Å². The monoisotopic (exact) mass is 509 g/mol. The second-order valence-electron chi connectivity index (χ2n) is 9.80. The number of fused-ring (bicyclic) bond motifs is 1. The first kappa shape index (κ1) is 25.6. The van der Waals surface area contributed by atoms with Crippen molar-refractivity contribution in [1.29, 1.82) is 0 Å². The van der Waals surface area contributed by atoms with Gasteiger partial charge in [-0.25, -0.2) is 4.39 Å². The third-order valence-corrected chi connectivity index (χ3v) is 7.18. The molecule has 1 aliphatic rings. The van der Waals surface area contributed by atoms with Gasteiger partial charge in [0.1, 0.15) is 5.82 Å². The summed E-state index contributed by atoms with van der Waals surface area (Å²) < 4.78 is 13.4. The summed E-state index contributed by atoms with van der Waals surface area (Å²) in [7, 11) is 0. The Morgan fingerprint density at radius 3 is 2.16 bits per heavy atom. The zero-order chi connectivity index (χ0) is 26.3. The third kappa shape index (κ3) is 6.45. The minimum absolute atomic E-state index is 0.0469. The Bertz CT molecular complexity index is 1380. The molecule has 6 heteroatoms. The first-order valence-electron chi connectivity index (χ1n) is 13.1. The van der Waals surface area contributed by atoms with Gasteiger partial charge in [0.15, 0.2) is 0 Å². The molecule has 38 heavy (non-hydrogen) atoms. The minimum atomic E-state index is -0.285. The SMILES string of the molecule is O=C(Cc1ccccc1)N(CCN1CCN(C(=O)c2ccc3ccccc3c2)CC1)Cc1ccc(F)cc1. The molecular formula is C32H32FN3O2. The lowest BCUT2D eigenvalue weighted by Gasteiger charge is -2.36. The Balaban J connectivity index is 1.18. The molecule has 4 aromatic rings. The molecule has 0 aromatic heterocycles. The molecule has 0 spiro atoms. The average molecular weight is 510 g/mol. The maximum atomic E-state index is 13.4. The van der Waals surface area contributed by atoms with Crippen molar-refractivity contribution in [2.45, 2.75) is 13.0 Å². The number of rotatable bonds is 8. The van der Waals surface area contributed by atoms with E-state index < -0.39 is 0 Å². The second-order valence-corrected chi connectivity index (χ2v) is 9.80. The average Bonchev–Trinajstić information content (AvgIpc) is 2.96. The minimum Gasteiger partial charge on any atom is -0.337 e. The largest absolute Gasteiger partial charge is 0.337 e. The molecular weight excluding hydrogens is 477 g/mol. The third-order valence-electron chi connectivity index (χ3n) is 7.18. The van der Waals surface area contributed by atoms with E-state index in [9.17, 15) is 14.0 Å². The lowest BCUT2D eigenvalue weighted by Crippen LogP contribution is -2.50. The van der Waals surface area contributed by atoms with Gasteiger partial charge < -0.3 is 9.80 Å². The molecule has 194 valence electrons. The lowest BCUT2D eigenvalue weighted by atomic mass is 10.1. The highest BCUT2D eigenvalue weighted by atomic mass is 19.1. The molecule has 0 radical (unpaired) electrons. The fraction of sp³-hybridized carbons (Fsp3) is 0.250. The molecule has 2 amide bonds. The summed E-state index contributed by atoms with van der Waals surface area (Å²) in [5.41, 5.74) is 2.59. The van der Waals surface area contributed by atoms with E-state index >= 15 is 0 Å². The standard InChI is InChI=1S/C32H32FN3O2/c33-30-14-10-26(11-15-30)24-36(31(37)22-25-6-2-1-3-7-25)21-18-34-16-19-35(20-17-34)32(38)29-13-12-27-8-4-5-9-28(27)23-29/h1-15,23H,16-22,24H2. The molecule has 0 atom stereocenters. The van der Waals surface area contributed by atoms with Gasteiger partial charge >= 0.3 is 0 Å². The highest BCUT2D eigenvalue weighted by molar-refractivity contribution is 5.98. The molecule has 0 N–H and O–H groups in total. The number of nitrogens with zero attached hydrogens (tertiary/aromatic N) is 3. The van der Waals surface area contributed by atoms with Gasteiger partial charge in [0, 0.05) is 51.4 Å². The van der Waals surface area contributed by atoms with Crippen LogP contribution in [0.25, 0.3) is 10.8 Å². The van der Waals surface area contributed by atoms with Crippen LogP contribution >= 0.6 is 0 Å². The van der Waals surface area contributed by atoms with Crippen LogP contribution in [-0.2, 0) is 17.8 Å². The number of amides is 2. The zero-order valence-corrected chi connectivity index (χ0v) is 21.4. The molecule has 1 fully saturated rings. The summed E-state index contributed by atoms with van der Waals surface area (Å²) >= 11 is 0. The molecule has 0 bridgehead atoms. The summed E-state index contributed by atoms with van der Waals surface area (Å²) in [6.45, 7) is 4.56. The van der Waals surface area contributed by atoms with Crippen LogP contribution in [0.3, 0.4) is 0 Å². The molecule has 0 unspecified atom stereocenters. The van der Waals surface area contributed by atoms with Crippen LogP contribution in [0.1, 0.15) is 21.5 Å². The predicted octanol–water partition coefficient (Wildman–Crippen LogP) is 5.01. The number of carbonyl (C=O) groups excluding carboxylic acids is 2. The van der Waals surface area contributed by atoms with E-state index in [-0.39, 0.29) is 17.6 Å². The molecule has 0 saturated carbocycles. The van der Waals surface area contributed by atoms with Gasteiger partial charge in [0.05, 0.1) is 6.42 Å². The van der Waals surface area contributed by atoms with Crippen molar-refractivity contribution in [3.05, 3.63) is 120 Å². The highest BCUT2D eigenvalue weighted by Crippen LogP contribution is 2.18. The number of carbonyl (C=O) groups is 2. The lowest BCUT2D eigenvalue weighted by molar-refractivity contribution is -0.131.